The van der Waals surface area contributed by atoms with Crippen molar-refractivity contribution in [2.75, 3.05) is 0 Å². The van der Waals surface area contributed by atoms with E-state index in [9.17, 15) is 27.7 Å². The van der Waals surface area contributed by atoms with Gasteiger partial charge in [0.15, 0.2) is 11.0 Å². The van der Waals surface area contributed by atoms with Gasteiger partial charge in [0.2, 0.25) is 0 Å². The molecular weight excluding hydrogens is 368 g/mol. The van der Waals surface area contributed by atoms with E-state index >= 15 is 0 Å². The number of carbonyl (C=O) groups excluding carboxylic acids is 1. The van der Waals surface area contributed by atoms with Gasteiger partial charge < -0.3 is 5.11 Å². The minimum atomic E-state index is -4.50. The lowest BCUT2D eigenvalue weighted by atomic mass is 9.40. The summed E-state index contributed by atoms with van der Waals surface area (Å²) in [5, 5.41) is 8.60. The Balaban J connectivity index is 1.86. The molecule has 0 heterocycles. The molecular formula is C20H30O6S. The zero-order valence-electron chi connectivity index (χ0n) is 16.3. The van der Waals surface area contributed by atoms with E-state index in [1.165, 1.54) is 0 Å². The summed E-state index contributed by atoms with van der Waals surface area (Å²) in [4.78, 5) is 25.2. The van der Waals surface area contributed by atoms with E-state index in [0.717, 1.165) is 19.3 Å². The lowest BCUT2D eigenvalue weighted by Crippen LogP contribution is -2.61. The molecule has 4 saturated carbocycles. The molecule has 27 heavy (non-hydrogen) atoms. The molecule has 0 radical (unpaired) electrons. The van der Waals surface area contributed by atoms with Crippen molar-refractivity contribution in [3.8, 4) is 0 Å². The summed E-state index contributed by atoms with van der Waals surface area (Å²) in [5.41, 5.74) is -2.57. The predicted octanol–water partition coefficient (Wildman–Crippen LogP) is 3.31. The Morgan fingerprint density at radius 2 is 1.67 bits per heavy atom. The number of hydrogen-bond donors (Lipinski definition) is 2. The summed E-state index contributed by atoms with van der Waals surface area (Å²) in [5.74, 6) is -1.18. The highest BCUT2D eigenvalue weighted by Crippen LogP contribution is 2.73. The first-order valence-corrected chi connectivity index (χ1v) is 11.6. The molecule has 7 atom stereocenters. The summed E-state index contributed by atoms with van der Waals surface area (Å²) in [6.07, 6.45) is 5.26. The fraction of sp³-hybridized carbons (Fsp3) is 0.900. The third-order valence-electron chi connectivity index (χ3n) is 9.21. The number of fused-ring (bicyclic) bond motifs is 3. The Morgan fingerprint density at radius 3 is 2.26 bits per heavy atom. The van der Waals surface area contributed by atoms with Gasteiger partial charge in [-0.1, -0.05) is 20.3 Å². The molecule has 0 aromatic carbocycles. The minimum Gasteiger partial charge on any atom is -0.481 e. The van der Waals surface area contributed by atoms with Gasteiger partial charge >= 0.3 is 5.97 Å². The maximum Gasteiger partial charge on any atom is 0.309 e. The van der Waals surface area contributed by atoms with Crippen LogP contribution in [0.3, 0.4) is 0 Å². The highest BCUT2D eigenvalue weighted by Gasteiger charge is 2.74. The van der Waals surface area contributed by atoms with E-state index in [0.29, 0.717) is 32.1 Å². The van der Waals surface area contributed by atoms with Crippen molar-refractivity contribution >= 4 is 21.9 Å². The predicted molar refractivity (Wildman–Crippen MR) is 98.6 cm³/mol. The van der Waals surface area contributed by atoms with Crippen LogP contribution < -0.4 is 0 Å². The van der Waals surface area contributed by atoms with Gasteiger partial charge in [0.05, 0.1) is 5.41 Å². The fourth-order valence-electron chi connectivity index (χ4n) is 8.21. The molecule has 7 heteroatoms. The smallest absolute Gasteiger partial charge is 0.309 e. The van der Waals surface area contributed by atoms with E-state index in [1.807, 2.05) is 13.8 Å². The molecule has 152 valence electrons. The van der Waals surface area contributed by atoms with Gasteiger partial charge in [0, 0.05) is 10.8 Å². The first-order chi connectivity index (χ1) is 12.3. The molecule has 0 amide bonds. The molecule has 2 bridgehead atoms. The van der Waals surface area contributed by atoms with Crippen molar-refractivity contribution in [2.45, 2.75) is 77.4 Å². The number of carboxylic acids is 1. The molecule has 0 aliphatic heterocycles. The lowest BCUT2D eigenvalue weighted by Gasteiger charge is -2.64. The van der Waals surface area contributed by atoms with Gasteiger partial charge in [0.25, 0.3) is 10.1 Å². The van der Waals surface area contributed by atoms with Gasteiger partial charge in [-0.3, -0.25) is 14.1 Å². The molecule has 6 nitrogen and oxygen atoms in total. The Bertz CT molecular complexity index is 820. The van der Waals surface area contributed by atoms with Crippen LogP contribution in [-0.2, 0) is 19.7 Å². The topological polar surface area (TPSA) is 109 Å². The van der Waals surface area contributed by atoms with E-state index in [-0.39, 0.29) is 23.0 Å². The molecule has 0 saturated heterocycles. The van der Waals surface area contributed by atoms with Crippen LogP contribution in [0.1, 0.15) is 72.1 Å². The van der Waals surface area contributed by atoms with Gasteiger partial charge in [0.1, 0.15) is 0 Å². The number of rotatable bonds is 2. The lowest BCUT2D eigenvalue weighted by molar-refractivity contribution is -0.182. The van der Waals surface area contributed by atoms with Gasteiger partial charge in [-0.05, 0) is 69.1 Å². The maximum atomic E-state index is 13.1. The SMILES string of the molecule is C[C@]12CC[C@@H]3[C@](CC[C@H]4[C@@]3(C)CCC[C@@]4(C)C(=O)O)(C1)C(S(=O)(=O)O)C2=O. The number of ketones is 1. The van der Waals surface area contributed by atoms with Crippen molar-refractivity contribution in [1.82, 2.24) is 0 Å². The second-order valence-corrected chi connectivity index (χ2v) is 12.0. The highest BCUT2D eigenvalue weighted by atomic mass is 32.2. The van der Waals surface area contributed by atoms with Crippen molar-refractivity contribution in [3.63, 3.8) is 0 Å². The Labute approximate surface area is 160 Å². The van der Waals surface area contributed by atoms with E-state index in [2.05, 4.69) is 6.92 Å². The zero-order valence-corrected chi connectivity index (χ0v) is 17.1. The molecule has 1 unspecified atom stereocenters. The molecule has 0 aromatic rings. The normalized spacial score (nSPS) is 52.1. The largest absolute Gasteiger partial charge is 0.481 e. The van der Waals surface area contributed by atoms with Gasteiger partial charge in [-0.15, -0.1) is 0 Å². The second-order valence-electron chi connectivity index (χ2n) is 10.5. The monoisotopic (exact) mass is 398 g/mol. The number of carboxylic acid groups (broad SMARTS) is 1. The number of carbonyl (C=O) groups is 2. The number of hydrogen-bond acceptors (Lipinski definition) is 4. The van der Waals surface area contributed by atoms with Crippen LogP contribution in [0, 0.1) is 33.5 Å². The summed E-state index contributed by atoms with van der Waals surface area (Å²) < 4.78 is 34.6. The van der Waals surface area contributed by atoms with Crippen LogP contribution in [0.4, 0.5) is 0 Å². The molecule has 0 aromatic heterocycles. The van der Waals surface area contributed by atoms with Crippen LogP contribution in [0.2, 0.25) is 0 Å². The Kier molecular flexibility index (Phi) is 3.84. The highest BCUT2D eigenvalue weighted by molar-refractivity contribution is 7.87. The van der Waals surface area contributed by atoms with E-state index in [4.69, 9.17) is 0 Å². The fourth-order valence-corrected chi connectivity index (χ4v) is 9.72. The maximum absolute atomic E-state index is 13.1. The average molecular weight is 399 g/mol. The van der Waals surface area contributed by atoms with Gasteiger partial charge in [-0.2, -0.15) is 8.42 Å². The average Bonchev–Trinajstić information content (AvgIpc) is 2.68. The van der Waals surface area contributed by atoms with Crippen LogP contribution >= 0.6 is 0 Å². The van der Waals surface area contributed by atoms with Crippen LogP contribution in [0.5, 0.6) is 0 Å². The quantitative estimate of drug-likeness (QED) is 0.691. The molecule has 4 rings (SSSR count). The Hall–Kier alpha value is -0.950. The number of aliphatic carboxylic acids is 1. The third-order valence-corrected chi connectivity index (χ3v) is 10.5. The summed E-state index contributed by atoms with van der Waals surface area (Å²) in [6.45, 7) is 5.80. The molecule has 2 N–H and O–H groups in total. The van der Waals surface area contributed by atoms with Gasteiger partial charge in [-0.25, -0.2) is 0 Å². The summed E-state index contributed by atoms with van der Waals surface area (Å²) in [7, 11) is -4.50. The second kappa shape index (κ2) is 5.35. The van der Waals surface area contributed by atoms with Crippen LogP contribution in [-0.4, -0.2) is 35.1 Å². The third kappa shape index (κ3) is 2.24. The van der Waals surface area contributed by atoms with Crippen LogP contribution in [0.25, 0.3) is 0 Å². The van der Waals surface area contributed by atoms with E-state index < -0.39 is 37.6 Å². The molecule has 4 aliphatic carbocycles. The molecule has 4 fully saturated rings. The minimum absolute atomic E-state index is 0.0334. The van der Waals surface area contributed by atoms with E-state index in [1.54, 1.807) is 0 Å². The summed E-state index contributed by atoms with van der Waals surface area (Å²) in [6, 6.07) is 0. The molecule has 1 spiro atoms. The first-order valence-electron chi connectivity index (χ1n) is 10.1. The number of Topliss-reactive ketones (excluding diaryl/α,β-unsaturated/α-hetero) is 1. The summed E-state index contributed by atoms with van der Waals surface area (Å²) >= 11 is 0. The zero-order chi connectivity index (χ0) is 20.0. The standard InChI is InChI=1S/C20H30O6S/c1-17-9-5-13-18(2)7-4-8-19(3,16(22)23)12(18)6-10-20(13,11-17)15(14(17)21)27(24,25)26/h12-13,15H,4-11H2,1-3H3,(H,22,23)(H,24,25,26)/t12-,13-,15?,17-,18+,19+,20-/m0/s1. The van der Waals surface area contributed by atoms with Crippen molar-refractivity contribution in [2.24, 2.45) is 33.5 Å². The van der Waals surface area contributed by atoms with Crippen molar-refractivity contribution in [1.29, 1.82) is 0 Å². The van der Waals surface area contributed by atoms with Crippen LogP contribution in [0.15, 0.2) is 0 Å². The molecule has 4 aliphatic rings. The Morgan fingerprint density at radius 1 is 1.04 bits per heavy atom. The van der Waals surface area contributed by atoms with Crippen molar-refractivity contribution < 1.29 is 27.7 Å². The van der Waals surface area contributed by atoms with Crippen molar-refractivity contribution in [3.05, 3.63) is 0 Å². The first kappa shape index (κ1) is 19.4.